The summed E-state index contributed by atoms with van der Waals surface area (Å²) in [6.45, 7) is 9.87. The van der Waals surface area contributed by atoms with Gasteiger partial charge in [0.15, 0.2) is 0 Å². The van der Waals surface area contributed by atoms with Crippen LogP contribution in [0.3, 0.4) is 0 Å². The van der Waals surface area contributed by atoms with Crippen molar-refractivity contribution >= 4 is 28.6 Å². The molecule has 144 valence electrons. The van der Waals surface area contributed by atoms with Gasteiger partial charge in [0.1, 0.15) is 11.1 Å². The van der Waals surface area contributed by atoms with Crippen LogP contribution in [-0.2, 0) is 4.74 Å². The van der Waals surface area contributed by atoms with E-state index in [1.165, 1.54) is 0 Å². The van der Waals surface area contributed by atoms with Gasteiger partial charge in [0.2, 0.25) is 0 Å². The van der Waals surface area contributed by atoms with Gasteiger partial charge in [0.25, 0.3) is 5.91 Å². The highest BCUT2D eigenvalue weighted by Gasteiger charge is 2.27. The van der Waals surface area contributed by atoms with E-state index in [1.54, 1.807) is 11.0 Å². The molecule has 1 aliphatic heterocycles. The average molecular weight is 371 g/mol. The molecule has 0 unspecified atom stereocenters. The van der Waals surface area contributed by atoms with Crippen molar-refractivity contribution < 1.29 is 14.3 Å². The van der Waals surface area contributed by atoms with Crippen LogP contribution >= 0.6 is 0 Å². The standard InChI is InChI=1S/C19H25N5O3/c1-12-11-14-15(6-5-13(17(20)25)16(14)22-21-12)23-7-9-24(10-8-23)18(26)27-19(2,3)4/h5-6,11H,7-10H2,1-4H3,(H2,20,25). The van der Waals surface area contributed by atoms with Crippen LogP contribution in [0, 0.1) is 6.92 Å². The van der Waals surface area contributed by atoms with Crippen molar-refractivity contribution in [1.82, 2.24) is 15.1 Å². The van der Waals surface area contributed by atoms with Crippen LogP contribution in [0.1, 0.15) is 36.8 Å². The van der Waals surface area contributed by atoms with Gasteiger partial charge >= 0.3 is 6.09 Å². The highest BCUT2D eigenvalue weighted by molar-refractivity contribution is 6.08. The van der Waals surface area contributed by atoms with Crippen LogP contribution in [0.25, 0.3) is 10.9 Å². The van der Waals surface area contributed by atoms with Crippen LogP contribution in [0.4, 0.5) is 10.5 Å². The van der Waals surface area contributed by atoms with E-state index in [2.05, 4.69) is 15.1 Å². The molecule has 1 aliphatic rings. The lowest BCUT2D eigenvalue weighted by Gasteiger charge is -2.37. The summed E-state index contributed by atoms with van der Waals surface area (Å²) in [6, 6.07) is 5.47. The van der Waals surface area contributed by atoms with Crippen LogP contribution in [0.2, 0.25) is 0 Å². The normalized spacial score (nSPS) is 15.1. The molecule has 0 aliphatic carbocycles. The van der Waals surface area contributed by atoms with Crippen molar-refractivity contribution in [2.24, 2.45) is 5.73 Å². The van der Waals surface area contributed by atoms with Gasteiger partial charge in [-0.2, -0.15) is 5.10 Å². The minimum absolute atomic E-state index is 0.294. The monoisotopic (exact) mass is 371 g/mol. The van der Waals surface area contributed by atoms with Gasteiger partial charge < -0.3 is 20.3 Å². The first-order valence-corrected chi connectivity index (χ1v) is 8.95. The zero-order valence-corrected chi connectivity index (χ0v) is 16.2. The quantitative estimate of drug-likeness (QED) is 0.867. The second kappa shape index (κ2) is 7.02. The number of carbonyl (C=O) groups is 2. The van der Waals surface area contributed by atoms with Crippen LogP contribution in [0.5, 0.6) is 0 Å². The highest BCUT2D eigenvalue weighted by Crippen LogP contribution is 2.29. The Kier molecular flexibility index (Phi) is 4.91. The van der Waals surface area contributed by atoms with E-state index in [9.17, 15) is 9.59 Å². The van der Waals surface area contributed by atoms with E-state index in [0.29, 0.717) is 37.3 Å². The number of nitrogens with zero attached hydrogens (tertiary/aromatic N) is 4. The minimum Gasteiger partial charge on any atom is -0.444 e. The van der Waals surface area contributed by atoms with Gasteiger partial charge in [-0.3, -0.25) is 4.79 Å². The summed E-state index contributed by atoms with van der Waals surface area (Å²) in [5.41, 5.74) is 7.53. The maximum absolute atomic E-state index is 12.2. The topological polar surface area (TPSA) is 102 Å². The van der Waals surface area contributed by atoms with Gasteiger partial charge in [0, 0.05) is 37.3 Å². The van der Waals surface area contributed by atoms with E-state index in [-0.39, 0.29) is 6.09 Å². The lowest BCUT2D eigenvalue weighted by Crippen LogP contribution is -2.50. The van der Waals surface area contributed by atoms with Gasteiger partial charge in [-0.1, -0.05) is 0 Å². The Balaban J connectivity index is 1.83. The number of aryl methyl sites for hydroxylation is 1. The van der Waals surface area contributed by atoms with Crippen LogP contribution in [-0.4, -0.2) is 58.9 Å². The summed E-state index contributed by atoms with van der Waals surface area (Å²) >= 11 is 0. The number of amides is 2. The minimum atomic E-state index is -0.528. The molecule has 0 bridgehead atoms. The maximum Gasteiger partial charge on any atom is 0.410 e. The Hall–Kier alpha value is -2.90. The van der Waals surface area contributed by atoms with Crippen molar-refractivity contribution in [1.29, 1.82) is 0 Å². The third kappa shape index (κ3) is 4.10. The molecule has 8 heteroatoms. The number of hydrogen-bond donors (Lipinski definition) is 1. The maximum atomic E-state index is 12.2. The lowest BCUT2D eigenvalue weighted by atomic mass is 10.1. The number of ether oxygens (including phenoxy) is 1. The Morgan fingerprint density at radius 2 is 1.78 bits per heavy atom. The molecule has 1 saturated heterocycles. The molecule has 2 heterocycles. The van der Waals surface area contributed by atoms with Gasteiger partial charge in [-0.05, 0) is 45.9 Å². The van der Waals surface area contributed by atoms with E-state index >= 15 is 0 Å². The molecule has 27 heavy (non-hydrogen) atoms. The van der Waals surface area contributed by atoms with E-state index in [4.69, 9.17) is 10.5 Å². The molecule has 3 rings (SSSR count). The fourth-order valence-electron chi connectivity index (χ4n) is 3.15. The predicted molar refractivity (Wildman–Crippen MR) is 103 cm³/mol. The molecular weight excluding hydrogens is 346 g/mol. The van der Waals surface area contributed by atoms with Gasteiger partial charge in [-0.15, -0.1) is 5.10 Å². The number of fused-ring (bicyclic) bond motifs is 1. The third-order valence-electron chi connectivity index (χ3n) is 4.39. The number of rotatable bonds is 2. The third-order valence-corrected chi connectivity index (χ3v) is 4.39. The van der Waals surface area contributed by atoms with Gasteiger partial charge in [-0.25, -0.2) is 4.79 Å². The number of carbonyl (C=O) groups excluding carboxylic acids is 2. The number of primary amides is 1. The first-order chi connectivity index (χ1) is 12.7. The molecule has 8 nitrogen and oxygen atoms in total. The van der Waals surface area contributed by atoms with Crippen molar-refractivity contribution in [2.75, 3.05) is 31.1 Å². The zero-order chi connectivity index (χ0) is 19.8. The SMILES string of the molecule is Cc1cc2c(N3CCN(C(=O)OC(C)(C)C)CC3)ccc(C(N)=O)c2nn1. The molecular formula is C19H25N5O3. The first kappa shape index (κ1) is 18.9. The Bertz CT molecular complexity index is 883. The van der Waals surface area contributed by atoms with Crippen molar-refractivity contribution in [3.05, 3.63) is 29.5 Å². The molecule has 0 saturated carbocycles. The highest BCUT2D eigenvalue weighted by atomic mass is 16.6. The number of hydrogen-bond acceptors (Lipinski definition) is 6. The summed E-state index contributed by atoms with van der Waals surface area (Å²) in [4.78, 5) is 27.8. The summed E-state index contributed by atoms with van der Waals surface area (Å²) in [6.07, 6.45) is -0.294. The smallest absolute Gasteiger partial charge is 0.410 e. The summed E-state index contributed by atoms with van der Waals surface area (Å²) in [5, 5.41) is 9.08. The van der Waals surface area contributed by atoms with Gasteiger partial charge in [0.05, 0.1) is 11.3 Å². The second-order valence-electron chi connectivity index (χ2n) is 7.70. The van der Waals surface area contributed by atoms with Crippen molar-refractivity contribution in [2.45, 2.75) is 33.3 Å². The number of benzene rings is 1. The summed E-state index contributed by atoms with van der Waals surface area (Å²) in [5.74, 6) is -0.528. The number of nitrogens with two attached hydrogens (primary N) is 1. The molecule has 0 atom stereocenters. The number of anilines is 1. The fourth-order valence-corrected chi connectivity index (χ4v) is 3.15. The fraction of sp³-hybridized carbons (Fsp3) is 0.474. The first-order valence-electron chi connectivity index (χ1n) is 8.95. The average Bonchev–Trinajstić information content (AvgIpc) is 2.59. The van der Waals surface area contributed by atoms with E-state index < -0.39 is 11.5 Å². The number of aromatic nitrogens is 2. The number of piperazine rings is 1. The Labute approximate surface area is 158 Å². The lowest BCUT2D eigenvalue weighted by molar-refractivity contribution is 0.0240. The van der Waals surface area contributed by atoms with Crippen LogP contribution in [0.15, 0.2) is 18.2 Å². The summed E-state index contributed by atoms with van der Waals surface area (Å²) in [7, 11) is 0. The molecule has 0 radical (unpaired) electrons. The van der Waals surface area contributed by atoms with E-state index in [0.717, 1.165) is 16.8 Å². The Morgan fingerprint density at radius 3 is 2.37 bits per heavy atom. The molecule has 2 N–H and O–H groups in total. The molecule has 1 fully saturated rings. The predicted octanol–water partition coefficient (Wildman–Crippen LogP) is 2.09. The largest absolute Gasteiger partial charge is 0.444 e. The molecule has 0 spiro atoms. The Morgan fingerprint density at radius 1 is 1.11 bits per heavy atom. The molecule has 1 aromatic heterocycles. The second-order valence-corrected chi connectivity index (χ2v) is 7.70. The van der Waals surface area contributed by atoms with Crippen molar-refractivity contribution in [3.8, 4) is 0 Å². The zero-order valence-electron chi connectivity index (χ0n) is 16.2. The molecule has 2 amide bonds. The van der Waals surface area contributed by atoms with Crippen molar-refractivity contribution in [3.63, 3.8) is 0 Å². The summed E-state index contributed by atoms with van der Waals surface area (Å²) < 4.78 is 5.45. The molecule has 2 aromatic rings. The molecule has 1 aromatic carbocycles. The van der Waals surface area contributed by atoms with E-state index in [1.807, 2.05) is 39.8 Å². The van der Waals surface area contributed by atoms with Crippen LogP contribution < -0.4 is 10.6 Å².